The number of hydrogen-bond acceptors (Lipinski definition) is 3. The molecule has 3 aromatic rings. The summed E-state index contributed by atoms with van der Waals surface area (Å²) in [6, 6.07) is 15.6. The van der Waals surface area contributed by atoms with Crippen molar-refractivity contribution in [2.24, 2.45) is 0 Å². The van der Waals surface area contributed by atoms with Crippen LogP contribution in [0.3, 0.4) is 0 Å². The molecule has 0 bridgehead atoms. The van der Waals surface area contributed by atoms with Crippen molar-refractivity contribution in [3.63, 3.8) is 0 Å². The highest BCUT2D eigenvalue weighted by Crippen LogP contribution is 2.23. The second kappa shape index (κ2) is 7.91. The lowest BCUT2D eigenvalue weighted by molar-refractivity contribution is 0.102. The minimum Gasteiger partial charge on any atom is -0.322 e. The van der Waals surface area contributed by atoms with E-state index in [9.17, 15) is 4.79 Å². The molecule has 1 heterocycles. The van der Waals surface area contributed by atoms with Gasteiger partial charge in [0.2, 0.25) is 0 Å². The number of anilines is 1. The molecule has 0 unspecified atom stereocenters. The summed E-state index contributed by atoms with van der Waals surface area (Å²) in [5, 5.41) is 2.99. The number of nitrogens with one attached hydrogen (secondary N) is 1. The highest BCUT2D eigenvalue weighted by molar-refractivity contribution is 6.04. The van der Waals surface area contributed by atoms with Crippen LogP contribution < -0.4 is 5.32 Å². The lowest BCUT2D eigenvalue weighted by Gasteiger charge is -2.14. The number of hydrogen-bond donors (Lipinski definition) is 1. The number of rotatable bonds is 5. The Balaban J connectivity index is 1.72. The van der Waals surface area contributed by atoms with E-state index in [1.807, 2.05) is 62.5 Å². The van der Waals surface area contributed by atoms with Crippen LogP contribution in [0.4, 0.5) is 5.69 Å². The SMILES string of the molecule is Cc1cccc(C(=O)Nc2cccc([C@H](C)Cc3cncc(C)n3)c2)c1. The molecule has 0 aliphatic heterocycles. The molecule has 2 aromatic carbocycles. The maximum absolute atomic E-state index is 12.4. The largest absolute Gasteiger partial charge is 0.322 e. The van der Waals surface area contributed by atoms with Gasteiger partial charge < -0.3 is 5.32 Å². The second-order valence-corrected chi connectivity index (χ2v) is 6.71. The molecule has 3 rings (SSSR count). The molecule has 26 heavy (non-hydrogen) atoms. The number of carbonyl (C=O) groups excluding carboxylic acids is 1. The fraction of sp³-hybridized carbons (Fsp3) is 0.227. The second-order valence-electron chi connectivity index (χ2n) is 6.71. The Hall–Kier alpha value is -3.01. The zero-order valence-corrected chi connectivity index (χ0v) is 15.4. The highest BCUT2D eigenvalue weighted by Gasteiger charge is 2.11. The summed E-state index contributed by atoms with van der Waals surface area (Å²) in [7, 11) is 0. The van der Waals surface area contributed by atoms with E-state index in [1.54, 1.807) is 6.20 Å². The summed E-state index contributed by atoms with van der Waals surface area (Å²) in [6.45, 7) is 6.08. The molecule has 4 nitrogen and oxygen atoms in total. The molecule has 0 aliphatic rings. The molecule has 0 saturated carbocycles. The van der Waals surface area contributed by atoms with Crippen LogP contribution in [0.25, 0.3) is 0 Å². The van der Waals surface area contributed by atoms with Gasteiger partial charge in [0, 0.05) is 23.6 Å². The normalized spacial score (nSPS) is 11.8. The van der Waals surface area contributed by atoms with Gasteiger partial charge in [0.05, 0.1) is 11.4 Å². The van der Waals surface area contributed by atoms with Crippen molar-refractivity contribution >= 4 is 11.6 Å². The summed E-state index contributed by atoms with van der Waals surface area (Å²) < 4.78 is 0. The number of benzene rings is 2. The average molecular weight is 345 g/mol. The fourth-order valence-electron chi connectivity index (χ4n) is 2.96. The standard InChI is InChI=1S/C22H23N3O/c1-15-6-4-8-19(10-15)22(26)25-20-9-5-7-18(12-20)16(2)11-21-14-23-13-17(3)24-21/h4-10,12-14,16H,11H2,1-3H3,(H,25,26)/t16-/m1/s1. The van der Waals surface area contributed by atoms with Crippen LogP contribution in [0.1, 0.15) is 45.7 Å². The lowest BCUT2D eigenvalue weighted by atomic mass is 9.96. The van der Waals surface area contributed by atoms with E-state index in [0.717, 1.165) is 34.6 Å². The summed E-state index contributed by atoms with van der Waals surface area (Å²) in [4.78, 5) is 21.2. The van der Waals surface area contributed by atoms with Crippen molar-refractivity contribution in [2.75, 3.05) is 5.32 Å². The van der Waals surface area contributed by atoms with Crippen molar-refractivity contribution in [3.05, 3.63) is 89.0 Å². The Morgan fingerprint density at radius 1 is 1.08 bits per heavy atom. The van der Waals surface area contributed by atoms with E-state index in [4.69, 9.17) is 0 Å². The number of nitrogens with zero attached hydrogens (tertiary/aromatic N) is 2. The molecule has 1 N–H and O–H groups in total. The first-order chi connectivity index (χ1) is 12.5. The van der Waals surface area contributed by atoms with Gasteiger partial charge in [0.1, 0.15) is 0 Å². The lowest BCUT2D eigenvalue weighted by Crippen LogP contribution is -2.12. The predicted molar refractivity (Wildman–Crippen MR) is 104 cm³/mol. The Labute approximate surface area is 154 Å². The minimum atomic E-state index is -0.0944. The number of aryl methyl sites for hydroxylation is 2. The van der Waals surface area contributed by atoms with Crippen molar-refractivity contribution in [1.82, 2.24) is 9.97 Å². The molecular formula is C22H23N3O. The number of aromatic nitrogens is 2. The molecule has 0 aliphatic carbocycles. The van der Waals surface area contributed by atoms with Gasteiger partial charge in [0.15, 0.2) is 0 Å². The quantitative estimate of drug-likeness (QED) is 0.730. The third kappa shape index (κ3) is 4.54. The van der Waals surface area contributed by atoms with E-state index in [-0.39, 0.29) is 11.8 Å². The summed E-state index contributed by atoms with van der Waals surface area (Å²) >= 11 is 0. The molecule has 1 atom stereocenters. The van der Waals surface area contributed by atoms with Crippen LogP contribution in [0.15, 0.2) is 60.9 Å². The van der Waals surface area contributed by atoms with Crippen molar-refractivity contribution in [3.8, 4) is 0 Å². The van der Waals surface area contributed by atoms with Crippen molar-refractivity contribution < 1.29 is 4.79 Å². The predicted octanol–water partition coefficient (Wildman–Crippen LogP) is 4.69. The van der Waals surface area contributed by atoms with Crippen LogP contribution in [0.2, 0.25) is 0 Å². The average Bonchev–Trinajstić information content (AvgIpc) is 2.62. The third-order valence-electron chi connectivity index (χ3n) is 4.31. The molecule has 132 valence electrons. The molecule has 0 spiro atoms. The van der Waals surface area contributed by atoms with E-state index >= 15 is 0 Å². The third-order valence-corrected chi connectivity index (χ3v) is 4.31. The van der Waals surface area contributed by atoms with Crippen molar-refractivity contribution in [2.45, 2.75) is 33.1 Å². The monoisotopic (exact) mass is 345 g/mol. The highest BCUT2D eigenvalue weighted by atomic mass is 16.1. The van der Waals surface area contributed by atoms with E-state index in [2.05, 4.69) is 28.3 Å². The van der Waals surface area contributed by atoms with Crippen molar-refractivity contribution in [1.29, 1.82) is 0 Å². The first-order valence-electron chi connectivity index (χ1n) is 8.77. The van der Waals surface area contributed by atoms with Gasteiger partial charge in [-0.1, -0.05) is 36.8 Å². The molecule has 0 fully saturated rings. The molecule has 4 heteroatoms. The van der Waals surface area contributed by atoms with Crippen LogP contribution in [-0.4, -0.2) is 15.9 Å². The van der Waals surface area contributed by atoms with Crippen LogP contribution in [-0.2, 0) is 6.42 Å². The maximum Gasteiger partial charge on any atom is 0.255 e. The van der Waals surface area contributed by atoms with Gasteiger partial charge in [-0.05, 0) is 56.0 Å². The smallest absolute Gasteiger partial charge is 0.255 e. The Morgan fingerprint density at radius 3 is 2.65 bits per heavy atom. The van der Waals surface area contributed by atoms with Gasteiger partial charge in [-0.15, -0.1) is 0 Å². The van der Waals surface area contributed by atoms with Crippen LogP contribution >= 0.6 is 0 Å². The van der Waals surface area contributed by atoms with E-state index < -0.39 is 0 Å². The zero-order valence-electron chi connectivity index (χ0n) is 15.4. The van der Waals surface area contributed by atoms with Crippen LogP contribution in [0.5, 0.6) is 0 Å². The van der Waals surface area contributed by atoms with Gasteiger partial charge in [-0.2, -0.15) is 0 Å². The van der Waals surface area contributed by atoms with Gasteiger partial charge in [-0.25, -0.2) is 0 Å². The maximum atomic E-state index is 12.4. The van der Waals surface area contributed by atoms with E-state index in [0.29, 0.717) is 5.56 Å². The Morgan fingerprint density at radius 2 is 1.88 bits per heavy atom. The molecule has 1 aromatic heterocycles. The Kier molecular flexibility index (Phi) is 5.42. The molecular weight excluding hydrogens is 322 g/mol. The van der Waals surface area contributed by atoms with Gasteiger partial charge in [0.25, 0.3) is 5.91 Å². The van der Waals surface area contributed by atoms with Gasteiger partial charge >= 0.3 is 0 Å². The molecule has 0 radical (unpaired) electrons. The summed E-state index contributed by atoms with van der Waals surface area (Å²) in [6.07, 6.45) is 4.38. The molecule has 0 saturated heterocycles. The summed E-state index contributed by atoms with van der Waals surface area (Å²) in [5.74, 6) is 0.185. The van der Waals surface area contributed by atoms with Crippen LogP contribution in [0, 0.1) is 13.8 Å². The van der Waals surface area contributed by atoms with Gasteiger partial charge in [-0.3, -0.25) is 14.8 Å². The first kappa shape index (κ1) is 17.8. The first-order valence-corrected chi connectivity index (χ1v) is 8.77. The number of amides is 1. The topological polar surface area (TPSA) is 54.9 Å². The fourth-order valence-corrected chi connectivity index (χ4v) is 2.96. The number of carbonyl (C=O) groups is 1. The minimum absolute atomic E-state index is 0.0944. The van der Waals surface area contributed by atoms with E-state index in [1.165, 1.54) is 0 Å². The molecule has 1 amide bonds. The Bertz CT molecular complexity index is 921. The summed E-state index contributed by atoms with van der Waals surface area (Å²) in [5.41, 5.74) is 5.60. The zero-order chi connectivity index (χ0) is 18.5.